The quantitative estimate of drug-likeness (QED) is 0.589. The van der Waals surface area contributed by atoms with Crippen molar-refractivity contribution in [3.05, 3.63) is 69.9 Å². The van der Waals surface area contributed by atoms with Crippen LogP contribution < -0.4 is 4.74 Å². The second-order valence-electron chi connectivity index (χ2n) is 5.04. The minimum absolute atomic E-state index is 0.00180. The molecular weight excluding hydrogens is 365 g/mol. The molecule has 4 nitrogen and oxygen atoms in total. The monoisotopic (exact) mass is 377 g/mol. The number of benzene rings is 2. The highest BCUT2D eigenvalue weighted by Gasteiger charge is 2.14. The number of esters is 1. The van der Waals surface area contributed by atoms with Gasteiger partial charge in [0.2, 0.25) is 0 Å². The van der Waals surface area contributed by atoms with Crippen molar-refractivity contribution in [2.24, 2.45) is 0 Å². The molecule has 7 heteroatoms. The number of methoxy groups -OCH3 is 1. The molecule has 3 rings (SSSR count). The van der Waals surface area contributed by atoms with Crippen LogP contribution in [0.25, 0.3) is 10.6 Å². The van der Waals surface area contributed by atoms with E-state index in [1.165, 1.54) is 17.4 Å². The van der Waals surface area contributed by atoms with E-state index >= 15 is 0 Å². The molecule has 0 fully saturated rings. The number of thiazole rings is 1. The molecule has 0 unspecified atom stereocenters. The van der Waals surface area contributed by atoms with Crippen LogP contribution in [0.1, 0.15) is 16.1 Å². The van der Waals surface area contributed by atoms with Gasteiger partial charge in [0.05, 0.1) is 29.0 Å². The van der Waals surface area contributed by atoms with Crippen molar-refractivity contribution in [2.45, 2.75) is 6.61 Å². The first-order valence-corrected chi connectivity index (χ1v) is 8.54. The summed E-state index contributed by atoms with van der Waals surface area (Å²) in [7, 11) is 1.60. The Balaban J connectivity index is 1.70. The van der Waals surface area contributed by atoms with Gasteiger partial charge in [0.15, 0.2) is 0 Å². The minimum atomic E-state index is -0.628. The first kappa shape index (κ1) is 17.4. The van der Waals surface area contributed by atoms with Crippen molar-refractivity contribution in [3.63, 3.8) is 0 Å². The van der Waals surface area contributed by atoms with E-state index in [9.17, 15) is 9.18 Å². The lowest BCUT2D eigenvalue weighted by Crippen LogP contribution is -2.06. The molecule has 0 aliphatic heterocycles. The summed E-state index contributed by atoms with van der Waals surface area (Å²) in [6.45, 7) is -0.00180. The van der Waals surface area contributed by atoms with Gasteiger partial charge in [0, 0.05) is 5.38 Å². The van der Waals surface area contributed by atoms with E-state index in [0.717, 1.165) is 28.5 Å². The van der Waals surface area contributed by atoms with E-state index in [-0.39, 0.29) is 17.2 Å². The number of ether oxygens (including phenoxy) is 2. The molecule has 0 saturated heterocycles. The van der Waals surface area contributed by atoms with Crippen LogP contribution in [0, 0.1) is 5.82 Å². The Kier molecular flexibility index (Phi) is 5.31. The van der Waals surface area contributed by atoms with Gasteiger partial charge in [-0.25, -0.2) is 14.2 Å². The van der Waals surface area contributed by atoms with Gasteiger partial charge in [0.25, 0.3) is 0 Å². The number of aromatic nitrogens is 1. The predicted octanol–water partition coefficient (Wildman–Crippen LogP) is 4.97. The van der Waals surface area contributed by atoms with Crippen LogP contribution in [0.5, 0.6) is 5.75 Å². The molecule has 0 saturated carbocycles. The molecule has 0 radical (unpaired) electrons. The predicted molar refractivity (Wildman–Crippen MR) is 94.6 cm³/mol. The largest absolute Gasteiger partial charge is 0.496 e. The van der Waals surface area contributed by atoms with Gasteiger partial charge in [-0.2, -0.15) is 0 Å². The molecule has 0 spiro atoms. The number of rotatable bonds is 5. The molecule has 0 aliphatic carbocycles. The SMILES string of the molecule is COc1ccccc1-c1nc(COC(=O)c2ccc(F)cc2Cl)cs1. The lowest BCUT2D eigenvalue weighted by Gasteiger charge is -2.05. The normalized spacial score (nSPS) is 10.5. The summed E-state index contributed by atoms with van der Waals surface area (Å²) in [5.74, 6) is -0.419. The number of nitrogens with zero attached hydrogens (tertiary/aromatic N) is 1. The summed E-state index contributed by atoms with van der Waals surface area (Å²) in [5.41, 5.74) is 1.59. The number of para-hydroxylation sites is 1. The number of carbonyl (C=O) groups is 1. The molecule has 1 aromatic heterocycles. The molecule has 0 bridgehead atoms. The summed E-state index contributed by atoms with van der Waals surface area (Å²) < 4.78 is 23.6. The van der Waals surface area contributed by atoms with E-state index in [4.69, 9.17) is 21.1 Å². The van der Waals surface area contributed by atoms with Crippen LogP contribution >= 0.6 is 22.9 Å². The highest BCUT2D eigenvalue weighted by atomic mass is 35.5. The van der Waals surface area contributed by atoms with Crippen LogP contribution in [-0.2, 0) is 11.3 Å². The smallest absolute Gasteiger partial charge is 0.340 e. The topological polar surface area (TPSA) is 48.4 Å². The van der Waals surface area contributed by atoms with E-state index in [2.05, 4.69) is 4.98 Å². The van der Waals surface area contributed by atoms with Crippen molar-refractivity contribution in [1.29, 1.82) is 0 Å². The van der Waals surface area contributed by atoms with Crippen molar-refractivity contribution < 1.29 is 18.7 Å². The second kappa shape index (κ2) is 7.63. The average molecular weight is 378 g/mol. The molecule has 25 heavy (non-hydrogen) atoms. The zero-order chi connectivity index (χ0) is 17.8. The second-order valence-corrected chi connectivity index (χ2v) is 6.31. The number of hydrogen-bond donors (Lipinski definition) is 0. The summed E-state index contributed by atoms with van der Waals surface area (Å²) in [6.07, 6.45) is 0. The lowest BCUT2D eigenvalue weighted by atomic mass is 10.2. The maximum Gasteiger partial charge on any atom is 0.340 e. The Morgan fingerprint density at radius 3 is 2.84 bits per heavy atom. The third kappa shape index (κ3) is 3.97. The van der Waals surface area contributed by atoms with Crippen molar-refractivity contribution in [1.82, 2.24) is 4.98 Å². The van der Waals surface area contributed by atoms with Crippen molar-refractivity contribution in [2.75, 3.05) is 7.11 Å². The maximum absolute atomic E-state index is 13.0. The van der Waals surface area contributed by atoms with E-state index in [1.807, 2.05) is 24.3 Å². The Bertz CT molecular complexity index is 913. The number of hydrogen-bond acceptors (Lipinski definition) is 5. The van der Waals surface area contributed by atoms with Crippen molar-refractivity contribution >= 4 is 28.9 Å². The molecule has 1 heterocycles. The summed E-state index contributed by atoms with van der Waals surface area (Å²) in [4.78, 5) is 16.5. The lowest BCUT2D eigenvalue weighted by molar-refractivity contribution is 0.0468. The Labute approximate surface area is 152 Å². The Hall–Kier alpha value is -2.44. The first-order valence-electron chi connectivity index (χ1n) is 7.28. The van der Waals surface area contributed by atoms with Gasteiger partial charge in [0.1, 0.15) is 23.2 Å². The molecular formula is C18H13ClFNO3S. The highest BCUT2D eigenvalue weighted by Crippen LogP contribution is 2.32. The van der Waals surface area contributed by atoms with Gasteiger partial charge in [-0.05, 0) is 30.3 Å². The summed E-state index contributed by atoms with van der Waals surface area (Å²) >= 11 is 7.28. The Morgan fingerprint density at radius 1 is 1.28 bits per heavy atom. The van der Waals surface area contributed by atoms with Gasteiger partial charge in [-0.15, -0.1) is 11.3 Å². The first-order chi connectivity index (χ1) is 12.1. The summed E-state index contributed by atoms with van der Waals surface area (Å²) in [5, 5.41) is 2.59. The van der Waals surface area contributed by atoms with Crippen LogP contribution in [0.4, 0.5) is 4.39 Å². The zero-order valence-electron chi connectivity index (χ0n) is 13.2. The third-order valence-electron chi connectivity index (χ3n) is 3.39. The van der Waals surface area contributed by atoms with Gasteiger partial charge >= 0.3 is 5.97 Å². The standard InChI is InChI=1S/C18H13ClFNO3S/c1-23-16-5-3-2-4-14(16)17-21-12(10-25-17)9-24-18(22)13-7-6-11(20)8-15(13)19/h2-8,10H,9H2,1H3. The highest BCUT2D eigenvalue weighted by molar-refractivity contribution is 7.13. The zero-order valence-corrected chi connectivity index (χ0v) is 14.7. The van der Waals surface area contributed by atoms with Gasteiger partial charge in [-0.1, -0.05) is 23.7 Å². The van der Waals surface area contributed by atoms with Crippen LogP contribution in [-0.4, -0.2) is 18.1 Å². The molecule has 0 atom stereocenters. The van der Waals surface area contributed by atoms with E-state index in [0.29, 0.717) is 5.69 Å². The fourth-order valence-electron chi connectivity index (χ4n) is 2.19. The molecule has 3 aromatic rings. The molecule has 2 aromatic carbocycles. The van der Waals surface area contributed by atoms with Gasteiger partial charge in [-0.3, -0.25) is 0 Å². The molecule has 0 N–H and O–H groups in total. The number of halogens is 2. The molecule has 0 aliphatic rings. The van der Waals surface area contributed by atoms with E-state index < -0.39 is 11.8 Å². The van der Waals surface area contributed by atoms with E-state index in [1.54, 1.807) is 12.5 Å². The number of carbonyl (C=O) groups excluding carboxylic acids is 1. The molecule has 128 valence electrons. The average Bonchev–Trinajstić information content (AvgIpc) is 3.08. The fourth-order valence-corrected chi connectivity index (χ4v) is 3.27. The van der Waals surface area contributed by atoms with Crippen LogP contribution in [0.3, 0.4) is 0 Å². The minimum Gasteiger partial charge on any atom is -0.496 e. The van der Waals surface area contributed by atoms with Crippen molar-refractivity contribution in [3.8, 4) is 16.3 Å². The Morgan fingerprint density at radius 2 is 2.08 bits per heavy atom. The van der Waals surface area contributed by atoms with Crippen LogP contribution in [0.2, 0.25) is 5.02 Å². The maximum atomic E-state index is 13.0. The summed E-state index contributed by atoms with van der Waals surface area (Å²) in [6, 6.07) is 11.1. The van der Waals surface area contributed by atoms with Crippen LogP contribution in [0.15, 0.2) is 47.8 Å². The molecule has 0 amide bonds. The van der Waals surface area contributed by atoms with Gasteiger partial charge < -0.3 is 9.47 Å². The third-order valence-corrected chi connectivity index (χ3v) is 4.63. The fraction of sp³-hybridized carbons (Fsp3) is 0.111.